The van der Waals surface area contributed by atoms with Crippen molar-refractivity contribution >= 4 is 28.2 Å². The first-order valence-electron chi connectivity index (χ1n) is 11.9. The molecule has 0 unspecified atom stereocenters. The number of hydrogen-bond donors (Lipinski definition) is 1. The van der Waals surface area contributed by atoms with Crippen LogP contribution < -0.4 is 5.32 Å². The minimum Gasteiger partial charge on any atom is -0.302 e. The molecule has 5 heteroatoms. The van der Waals surface area contributed by atoms with Crippen molar-refractivity contribution in [3.05, 3.63) is 95.1 Å². The number of benzene rings is 3. The van der Waals surface area contributed by atoms with Gasteiger partial charge in [-0.3, -0.25) is 9.59 Å². The molecule has 4 nitrogen and oxygen atoms in total. The lowest BCUT2D eigenvalue weighted by Crippen LogP contribution is -2.13. The van der Waals surface area contributed by atoms with E-state index < -0.39 is 0 Å². The van der Waals surface area contributed by atoms with Gasteiger partial charge in [0.15, 0.2) is 10.9 Å². The fourth-order valence-electron chi connectivity index (χ4n) is 3.85. The molecule has 0 aliphatic carbocycles. The van der Waals surface area contributed by atoms with Gasteiger partial charge in [0.2, 0.25) is 5.91 Å². The number of Topliss-reactive ketones (excluding diaryl/α,β-unsaturated/α-hetero) is 1. The molecule has 0 saturated heterocycles. The number of hydrogen-bond acceptors (Lipinski definition) is 4. The Kier molecular flexibility index (Phi) is 7.57. The number of nitrogens with zero attached hydrogens (tertiary/aromatic N) is 1. The summed E-state index contributed by atoms with van der Waals surface area (Å²) in [5.74, 6) is 0.172. The number of aryl methyl sites for hydroxylation is 2. The van der Waals surface area contributed by atoms with Crippen LogP contribution in [0.4, 0.5) is 5.13 Å². The highest BCUT2D eigenvalue weighted by molar-refractivity contribution is 7.19. The Morgan fingerprint density at radius 3 is 2.23 bits per heavy atom. The zero-order chi connectivity index (χ0) is 24.9. The van der Waals surface area contributed by atoms with Crippen LogP contribution in [0, 0.1) is 13.8 Å². The predicted octanol–water partition coefficient (Wildman–Crippen LogP) is 7.82. The Balaban J connectivity index is 1.49. The fraction of sp³-hybridized carbons (Fsp3) is 0.233. The molecule has 0 bridgehead atoms. The number of nitrogens with one attached hydrogen (secondary N) is 1. The van der Waals surface area contributed by atoms with E-state index in [-0.39, 0.29) is 24.5 Å². The number of ketones is 1. The molecule has 178 valence electrons. The van der Waals surface area contributed by atoms with Crippen molar-refractivity contribution in [1.82, 2.24) is 4.98 Å². The van der Waals surface area contributed by atoms with Crippen molar-refractivity contribution in [2.45, 2.75) is 46.5 Å². The molecule has 3 aromatic carbocycles. The van der Waals surface area contributed by atoms with Gasteiger partial charge in [-0.1, -0.05) is 98.0 Å². The second kappa shape index (κ2) is 10.8. The standard InChI is InChI=1S/C30H30N2O2S/c1-19(2)22-12-14-23(15-13-22)26(33)16-17-27(34)31-30-32-28(24-8-6-5-7-9-24)29(35-30)25-11-10-20(3)21(4)18-25/h5-15,18-19H,16-17H2,1-4H3,(H,31,32,34). The van der Waals surface area contributed by atoms with Gasteiger partial charge in [-0.2, -0.15) is 0 Å². The van der Waals surface area contributed by atoms with Crippen molar-refractivity contribution < 1.29 is 9.59 Å². The van der Waals surface area contributed by atoms with Crippen LogP contribution in [-0.2, 0) is 4.79 Å². The zero-order valence-corrected chi connectivity index (χ0v) is 21.4. The number of amides is 1. The minimum absolute atomic E-state index is 0.0320. The first kappa shape index (κ1) is 24.6. The normalized spacial score (nSPS) is 11.0. The second-order valence-electron chi connectivity index (χ2n) is 9.11. The number of aromatic nitrogens is 1. The van der Waals surface area contributed by atoms with Gasteiger partial charge in [-0.25, -0.2) is 4.98 Å². The lowest BCUT2D eigenvalue weighted by Gasteiger charge is -2.06. The van der Waals surface area contributed by atoms with E-state index in [1.54, 1.807) is 0 Å². The molecular weight excluding hydrogens is 452 g/mol. The van der Waals surface area contributed by atoms with Crippen LogP contribution in [0.2, 0.25) is 0 Å². The van der Waals surface area contributed by atoms with E-state index in [2.05, 4.69) is 51.2 Å². The van der Waals surface area contributed by atoms with E-state index in [9.17, 15) is 9.59 Å². The molecule has 1 amide bonds. The van der Waals surface area contributed by atoms with Crippen LogP contribution in [0.15, 0.2) is 72.8 Å². The quantitative estimate of drug-likeness (QED) is 0.260. The maximum atomic E-state index is 12.7. The van der Waals surface area contributed by atoms with E-state index in [1.165, 1.54) is 28.0 Å². The molecule has 1 heterocycles. The Bertz CT molecular complexity index is 1340. The average molecular weight is 483 g/mol. The number of anilines is 1. The summed E-state index contributed by atoms with van der Waals surface area (Å²) in [5.41, 5.74) is 7.19. The number of thiazole rings is 1. The van der Waals surface area contributed by atoms with Crippen molar-refractivity contribution in [1.29, 1.82) is 0 Å². The summed E-state index contributed by atoms with van der Waals surface area (Å²) in [4.78, 5) is 31.0. The molecule has 0 aliphatic heterocycles. The maximum absolute atomic E-state index is 12.7. The predicted molar refractivity (Wildman–Crippen MR) is 145 cm³/mol. The summed E-state index contributed by atoms with van der Waals surface area (Å²) in [6, 6.07) is 24.0. The van der Waals surface area contributed by atoms with Gasteiger partial charge in [0, 0.05) is 24.0 Å². The molecule has 35 heavy (non-hydrogen) atoms. The Morgan fingerprint density at radius 2 is 1.57 bits per heavy atom. The van der Waals surface area contributed by atoms with Gasteiger partial charge < -0.3 is 5.32 Å². The van der Waals surface area contributed by atoms with Gasteiger partial charge in [-0.05, 0) is 42.0 Å². The highest BCUT2D eigenvalue weighted by atomic mass is 32.1. The molecule has 0 saturated carbocycles. The highest BCUT2D eigenvalue weighted by Crippen LogP contribution is 2.39. The van der Waals surface area contributed by atoms with Gasteiger partial charge >= 0.3 is 0 Å². The average Bonchev–Trinajstić information content (AvgIpc) is 3.28. The van der Waals surface area contributed by atoms with Crippen molar-refractivity contribution in [3.63, 3.8) is 0 Å². The molecule has 1 N–H and O–H groups in total. The van der Waals surface area contributed by atoms with E-state index in [0.717, 1.165) is 21.7 Å². The molecule has 0 radical (unpaired) electrons. The van der Waals surface area contributed by atoms with E-state index in [1.807, 2.05) is 54.6 Å². The lowest BCUT2D eigenvalue weighted by atomic mass is 9.99. The molecule has 4 aromatic rings. The summed E-state index contributed by atoms with van der Waals surface area (Å²) < 4.78 is 0. The fourth-order valence-corrected chi connectivity index (χ4v) is 4.85. The van der Waals surface area contributed by atoms with E-state index in [0.29, 0.717) is 16.6 Å². The van der Waals surface area contributed by atoms with E-state index in [4.69, 9.17) is 4.98 Å². The van der Waals surface area contributed by atoms with Gasteiger partial charge in [0.1, 0.15) is 0 Å². The Morgan fingerprint density at radius 1 is 0.857 bits per heavy atom. The van der Waals surface area contributed by atoms with Crippen LogP contribution >= 0.6 is 11.3 Å². The Labute approximate surface area is 211 Å². The SMILES string of the molecule is Cc1ccc(-c2sc(NC(=O)CCC(=O)c3ccc(C(C)C)cc3)nc2-c2ccccc2)cc1C. The second-order valence-corrected chi connectivity index (χ2v) is 10.1. The smallest absolute Gasteiger partial charge is 0.226 e. The first-order valence-corrected chi connectivity index (χ1v) is 12.7. The van der Waals surface area contributed by atoms with Gasteiger partial charge in [0.05, 0.1) is 10.6 Å². The number of carbonyl (C=O) groups is 2. The van der Waals surface area contributed by atoms with Gasteiger partial charge in [0.25, 0.3) is 0 Å². The molecule has 0 fully saturated rings. The van der Waals surface area contributed by atoms with Gasteiger partial charge in [-0.15, -0.1) is 0 Å². The van der Waals surface area contributed by atoms with Crippen LogP contribution in [-0.4, -0.2) is 16.7 Å². The van der Waals surface area contributed by atoms with Crippen LogP contribution in [0.1, 0.15) is 59.7 Å². The summed E-state index contributed by atoms with van der Waals surface area (Å²) in [5, 5.41) is 3.45. The molecule has 0 aliphatic rings. The monoisotopic (exact) mass is 482 g/mol. The third-order valence-corrected chi connectivity index (χ3v) is 7.19. The summed E-state index contributed by atoms with van der Waals surface area (Å²) in [7, 11) is 0. The highest BCUT2D eigenvalue weighted by Gasteiger charge is 2.18. The third kappa shape index (κ3) is 5.92. The molecule has 4 rings (SSSR count). The topological polar surface area (TPSA) is 59.1 Å². The number of rotatable bonds is 8. The molecule has 0 atom stereocenters. The molecular formula is C30H30N2O2S. The van der Waals surface area contributed by atoms with Crippen molar-refractivity contribution in [2.75, 3.05) is 5.32 Å². The number of carbonyl (C=O) groups excluding carboxylic acids is 2. The van der Waals surface area contributed by atoms with Crippen LogP contribution in [0.3, 0.4) is 0 Å². The zero-order valence-electron chi connectivity index (χ0n) is 20.6. The summed E-state index contributed by atoms with van der Waals surface area (Å²) >= 11 is 1.46. The first-order chi connectivity index (χ1) is 16.8. The van der Waals surface area contributed by atoms with Crippen molar-refractivity contribution in [2.24, 2.45) is 0 Å². The lowest BCUT2D eigenvalue weighted by molar-refractivity contribution is -0.116. The maximum Gasteiger partial charge on any atom is 0.226 e. The molecule has 1 aromatic heterocycles. The summed E-state index contributed by atoms with van der Waals surface area (Å²) in [6.07, 6.45) is 0.276. The van der Waals surface area contributed by atoms with Crippen LogP contribution in [0.5, 0.6) is 0 Å². The van der Waals surface area contributed by atoms with E-state index >= 15 is 0 Å². The Hall–Kier alpha value is -3.57. The van der Waals surface area contributed by atoms with Crippen molar-refractivity contribution in [3.8, 4) is 21.7 Å². The largest absolute Gasteiger partial charge is 0.302 e. The minimum atomic E-state index is -0.211. The summed E-state index contributed by atoms with van der Waals surface area (Å²) in [6.45, 7) is 8.43. The molecule has 0 spiro atoms. The third-order valence-electron chi connectivity index (χ3n) is 6.17. The van der Waals surface area contributed by atoms with Crippen LogP contribution in [0.25, 0.3) is 21.7 Å².